The number of carbonyl (C=O) groups excluding carboxylic acids is 1. The highest BCUT2D eigenvalue weighted by molar-refractivity contribution is 6.04. The Hall–Kier alpha value is -1.91. The van der Waals surface area contributed by atoms with Crippen LogP contribution in [0.15, 0.2) is 29.4 Å². The van der Waals surface area contributed by atoms with E-state index in [0.717, 1.165) is 31.4 Å². The summed E-state index contributed by atoms with van der Waals surface area (Å²) < 4.78 is 13.0. The van der Waals surface area contributed by atoms with Gasteiger partial charge in [-0.3, -0.25) is 4.79 Å². The maximum Gasteiger partial charge on any atom is 0.267 e. The maximum atomic E-state index is 13.0. The molecule has 1 saturated heterocycles. The van der Waals surface area contributed by atoms with Crippen molar-refractivity contribution in [3.05, 3.63) is 35.6 Å². The van der Waals surface area contributed by atoms with Crippen LogP contribution in [0.25, 0.3) is 0 Å². The van der Waals surface area contributed by atoms with E-state index in [9.17, 15) is 9.18 Å². The zero-order valence-electron chi connectivity index (χ0n) is 12.8. The summed E-state index contributed by atoms with van der Waals surface area (Å²) in [5.74, 6) is -0.248. The third-order valence-electron chi connectivity index (χ3n) is 4.50. The number of amides is 1. The summed E-state index contributed by atoms with van der Waals surface area (Å²) in [6, 6.07) is 6.44. The summed E-state index contributed by atoms with van der Waals surface area (Å²) in [5.41, 5.74) is 1.52. The lowest BCUT2D eigenvalue weighted by Crippen LogP contribution is -2.48. The fourth-order valence-electron chi connectivity index (χ4n) is 3.22. The first kappa shape index (κ1) is 15.0. The zero-order valence-corrected chi connectivity index (χ0v) is 12.8. The molecule has 0 unspecified atom stereocenters. The number of halogens is 1. The predicted octanol–water partition coefficient (Wildman–Crippen LogP) is 3.11. The van der Waals surface area contributed by atoms with Crippen molar-refractivity contribution in [3.63, 3.8) is 0 Å². The first-order valence-corrected chi connectivity index (χ1v) is 7.98. The quantitative estimate of drug-likeness (QED) is 0.861. The van der Waals surface area contributed by atoms with Crippen molar-refractivity contribution in [1.29, 1.82) is 0 Å². The summed E-state index contributed by atoms with van der Waals surface area (Å²) >= 11 is 0. The number of piperidine rings is 1. The predicted molar refractivity (Wildman–Crippen MR) is 82.1 cm³/mol. The van der Waals surface area contributed by atoms with Crippen molar-refractivity contribution >= 4 is 11.6 Å². The number of benzene rings is 1. The molecular weight excluding hydrogens is 283 g/mol. The number of rotatable bonds is 3. The fraction of sp³-hybridized carbons (Fsp3) is 0.529. The molecule has 0 aromatic heterocycles. The summed E-state index contributed by atoms with van der Waals surface area (Å²) in [7, 11) is 0. The maximum absolute atomic E-state index is 13.0. The van der Waals surface area contributed by atoms with Crippen molar-refractivity contribution in [2.45, 2.75) is 51.2 Å². The van der Waals surface area contributed by atoms with Crippen LogP contribution < -0.4 is 0 Å². The minimum atomic E-state index is -0.535. The van der Waals surface area contributed by atoms with Crippen molar-refractivity contribution in [3.8, 4) is 0 Å². The summed E-state index contributed by atoms with van der Waals surface area (Å²) in [6.45, 7) is 2.93. The molecule has 4 nitrogen and oxygen atoms in total. The average Bonchev–Trinajstić information content (AvgIpc) is 3.05. The lowest BCUT2D eigenvalue weighted by molar-refractivity contribution is -0.146. The number of nitrogens with zero attached hydrogens (tertiary/aromatic N) is 2. The zero-order chi connectivity index (χ0) is 15.5. The molecule has 1 amide bonds. The second kappa shape index (κ2) is 6.46. The second-order valence-electron chi connectivity index (χ2n) is 5.93. The SMILES string of the molecule is CC[C@H]1CCCCN1C(=O)[C@H]1CC(c2ccc(F)cc2)=NO1. The Morgan fingerprint density at radius 1 is 1.36 bits per heavy atom. The van der Waals surface area contributed by atoms with Crippen LogP contribution in [0.3, 0.4) is 0 Å². The van der Waals surface area contributed by atoms with Gasteiger partial charge >= 0.3 is 0 Å². The van der Waals surface area contributed by atoms with Crippen LogP contribution in [0.4, 0.5) is 4.39 Å². The monoisotopic (exact) mass is 304 g/mol. The molecule has 2 aliphatic heterocycles. The number of hydrogen-bond acceptors (Lipinski definition) is 3. The Morgan fingerprint density at radius 2 is 2.14 bits per heavy atom. The molecule has 0 radical (unpaired) electrons. The normalized spacial score (nSPS) is 24.8. The Balaban J connectivity index is 1.65. The summed E-state index contributed by atoms with van der Waals surface area (Å²) in [6.07, 6.45) is 4.21. The van der Waals surface area contributed by atoms with Crippen LogP contribution in [0, 0.1) is 5.82 Å². The third kappa shape index (κ3) is 2.98. The van der Waals surface area contributed by atoms with E-state index in [1.54, 1.807) is 12.1 Å². The molecule has 0 saturated carbocycles. The second-order valence-corrected chi connectivity index (χ2v) is 5.93. The molecule has 0 N–H and O–H groups in total. The van der Waals surface area contributed by atoms with Crippen LogP contribution in [-0.2, 0) is 9.63 Å². The average molecular weight is 304 g/mol. The molecule has 1 aromatic rings. The highest BCUT2D eigenvalue weighted by Crippen LogP contribution is 2.24. The van der Waals surface area contributed by atoms with Crippen molar-refractivity contribution in [2.75, 3.05) is 6.54 Å². The minimum absolute atomic E-state index is 0.0346. The Labute approximate surface area is 129 Å². The van der Waals surface area contributed by atoms with Crippen LogP contribution in [-0.4, -0.2) is 35.2 Å². The van der Waals surface area contributed by atoms with Gasteiger partial charge in [0.2, 0.25) is 6.10 Å². The molecule has 0 aliphatic carbocycles. The van der Waals surface area contributed by atoms with Gasteiger partial charge in [0, 0.05) is 19.0 Å². The lowest BCUT2D eigenvalue weighted by atomic mass is 9.98. The van der Waals surface area contributed by atoms with E-state index >= 15 is 0 Å². The van der Waals surface area contributed by atoms with Crippen molar-refractivity contribution < 1.29 is 14.0 Å². The largest absolute Gasteiger partial charge is 0.382 e. The molecule has 22 heavy (non-hydrogen) atoms. The molecule has 2 atom stereocenters. The standard InChI is InChI=1S/C17H21FN2O2/c1-2-14-5-3-4-10-20(14)17(21)16-11-15(19-22-16)12-6-8-13(18)9-7-12/h6-9,14,16H,2-5,10-11H2,1H3/t14-,16+/m0/s1. The van der Waals surface area contributed by atoms with Gasteiger partial charge in [0.15, 0.2) is 0 Å². The third-order valence-corrected chi connectivity index (χ3v) is 4.50. The molecule has 1 fully saturated rings. The van der Waals surface area contributed by atoms with Gasteiger partial charge in [0.25, 0.3) is 5.91 Å². The van der Waals surface area contributed by atoms with E-state index in [4.69, 9.17) is 4.84 Å². The van der Waals surface area contributed by atoms with Gasteiger partial charge < -0.3 is 9.74 Å². The van der Waals surface area contributed by atoms with Gasteiger partial charge in [-0.2, -0.15) is 0 Å². The van der Waals surface area contributed by atoms with Crippen LogP contribution in [0.1, 0.15) is 44.6 Å². The smallest absolute Gasteiger partial charge is 0.267 e. The number of carbonyl (C=O) groups is 1. The first-order valence-electron chi connectivity index (χ1n) is 7.98. The lowest BCUT2D eigenvalue weighted by Gasteiger charge is -2.36. The van der Waals surface area contributed by atoms with Crippen LogP contribution >= 0.6 is 0 Å². The molecule has 2 heterocycles. The number of hydrogen-bond donors (Lipinski definition) is 0. The highest BCUT2D eigenvalue weighted by atomic mass is 19.1. The molecule has 118 valence electrons. The molecule has 1 aromatic carbocycles. The Kier molecular flexibility index (Phi) is 4.41. The minimum Gasteiger partial charge on any atom is -0.382 e. The van der Waals surface area contributed by atoms with E-state index in [0.29, 0.717) is 18.2 Å². The summed E-state index contributed by atoms with van der Waals surface area (Å²) in [4.78, 5) is 20.0. The van der Waals surface area contributed by atoms with E-state index in [1.165, 1.54) is 18.6 Å². The molecular formula is C17H21FN2O2. The van der Waals surface area contributed by atoms with Crippen LogP contribution in [0.5, 0.6) is 0 Å². The molecule has 0 spiro atoms. The number of likely N-dealkylation sites (tertiary alicyclic amines) is 1. The van der Waals surface area contributed by atoms with Gasteiger partial charge in [-0.05, 0) is 43.4 Å². The van der Waals surface area contributed by atoms with E-state index < -0.39 is 6.10 Å². The Bertz CT molecular complexity index is 571. The van der Waals surface area contributed by atoms with E-state index in [1.807, 2.05) is 4.90 Å². The van der Waals surface area contributed by atoms with Crippen molar-refractivity contribution in [1.82, 2.24) is 4.90 Å². The summed E-state index contributed by atoms with van der Waals surface area (Å²) in [5, 5.41) is 4.03. The molecule has 2 aliphatic rings. The van der Waals surface area contributed by atoms with Crippen molar-refractivity contribution in [2.24, 2.45) is 5.16 Å². The highest BCUT2D eigenvalue weighted by Gasteiger charge is 2.35. The van der Waals surface area contributed by atoms with Gasteiger partial charge in [-0.1, -0.05) is 24.2 Å². The first-order chi connectivity index (χ1) is 10.7. The molecule has 3 rings (SSSR count). The van der Waals surface area contributed by atoms with Crippen LogP contribution in [0.2, 0.25) is 0 Å². The van der Waals surface area contributed by atoms with Gasteiger partial charge in [0.05, 0.1) is 5.71 Å². The topological polar surface area (TPSA) is 41.9 Å². The fourth-order valence-corrected chi connectivity index (χ4v) is 3.22. The van der Waals surface area contributed by atoms with E-state index in [-0.39, 0.29) is 11.7 Å². The molecule has 5 heteroatoms. The van der Waals surface area contributed by atoms with Gasteiger partial charge in [-0.25, -0.2) is 4.39 Å². The number of oxime groups is 1. The van der Waals surface area contributed by atoms with Gasteiger partial charge in [-0.15, -0.1) is 0 Å². The van der Waals surface area contributed by atoms with Gasteiger partial charge in [0.1, 0.15) is 5.82 Å². The molecule has 0 bridgehead atoms. The van der Waals surface area contributed by atoms with E-state index in [2.05, 4.69) is 12.1 Å². The Morgan fingerprint density at radius 3 is 2.86 bits per heavy atom.